The minimum atomic E-state index is 0.710. The average molecular weight is 299 g/mol. The molecule has 1 N–H and O–H groups in total. The van der Waals surface area contributed by atoms with Crippen LogP contribution in [0.15, 0.2) is 0 Å². The summed E-state index contributed by atoms with van der Waals surface area (Å²) in [6.45, 7) is 9.54. The molecule has 1 saturated carbocycles. The number of thioether (sulfide) groups is 1. The van der Waals surface area contributed by atoms with Crippen LogP contribution < -0.4 is 5.32 Å². The Bertz CT molecular complexity index is 282. The van der Waals surface area contributed by atoms with E-state index < -0.39 is 0 Å². The fraction of sp³-hybridized carbons (Fsp3) is 1.00. The van der Waals surface area contributed by atoms with Crippen LogP contribution in [0.5, 0.6) is 0 Å². The lowest BCUT2D eigenvalue weighted by Gasteiger charge is -2.48. The standard InChI is InChI=1S/C17H34N2S/c1-5-15-11-18-14(10-13(2)3)12-19(15)16-8-6-7-9-17(16)20-4/h13-18H,5-12H2,1-4H3. The maximum atomic E-state index is 3.80. The van der Waals surface area contributed by atoms with Crippen molar-refractivity contribution in [2.24, 2.45) is 5.92 Å². The number of hydrogen-bond acceptors (Lipinski definition) is 3. The van der Waals surface area contributed by atoms with Crippen LogP contribution in [0.3, 0.4) is 0 Å². The first-order chi connectivity index (χ1) is 9.65. The molecule has 1 aliphatic heterocycles. The summed E-state index contributed by atoms with van der Waals surface area (Å²) in [4.78, 5) is 2.89. The molecule has 2 rings (SSSR count). The van der Waals surface area contributed by atoms with Gasteiger partial charge in [0.05, 0.1) is 0 Å². The van der Waals surface area contributed by atoms with E-state index in [-0.39, 0.29) is 0 Å². The van der Waals surface area contributed by atoms with E-state index in [1.807, 2.05) is 0 Å². The van der Waals surface area contributed by atoms with Crippen LogP contribution in [-0.4, -0.2) is 47.6 Å². The highest BCUT2D eigenvalue weighted by Gasteiger charge is 2.36. The van der Waals surface area contributed by atoms with Gasteiger partial charge in [-0.2, -0.15) is 11.8 Å². The van der Waals surface area contributed by atoms with Crippen LogP contribution in [-0.2, 0) is 0 Å². The minimum absolute atomic E-state index is 0.710. The normalized spacial score (nSPS) is 36.5. The van der Waals surface area contributed by atoms with Gasteiger partial charge in [0.25, 0.3) is 0 Å². The summed E-state index contributed by atoms with van der Waals surface area (Å²) >= 11 is 2.11. The highest BCUT2D eigenvalue weighted by Crippen LogP contribution is 2.33. The number of rotatable bonds is 5. The molecule has 2 aliphatic rings. The Morgan fingerprint density at radius 1 is 1.25 bits per heavy atom. The summed E-state index contributed by atoms with van der Waals surface area (Å²) in [7, 11) is 0. The van der Waals surface area contributed by atoms with Gasteiger partial charge in [-0.25, -0.2) is 0 Å². The van der Waals surface area contributed by atoms with Gasteiger partial charge in [0, 0.05) is 36.5 Å². The average Bonchev–Trinajstić information content (AvgIpc) is 2.46. The van der Waals surface area contributed by atoms with Crippen molar-refractivity contribution < 1.29 is 0 Å². The van der Waals surface area contributed by atoms with Gasteiger partial charge >= 0.3 is 0 Å². The monoisotopic (exact) mass is 298 g/mol. The molecule has 118 valence electrons. The van der Waals surface area contributed by atoms with Crippen LogP contribution in [0, 0.1) is 5.92 Å². The van der Waals surface area contributed by atoms with Crippen molar-refractivity contribution in [3.05, 3.63) is 0 Å². The van der Waals surface area contributed by atoms with Crippen molar-refractivity contribution in [1.29, 1.82) is 0 Å². The van der Waals surface area contributed by atoms with E-state index in [0.717, 1.165) is 23.3 Å². The molecular weight excluding hydrogens is 264 g/mol. The summed E-state index contributed by atoms with van der Waals surface area (Å²) < 4.78 is 0. The summed E-state index contributed by atoms with van der Waals surface area (Å²) in [5.74, 6) is 0.801. The zero-order valence-electron chi connectivity index (χ0n) is 13.9. The molecule has 0 spiro atoms. The molecule has 3 heteroatoms. The molecule has 0 aromatic heterocycles. The molecule has 1 aliphatic carbocycles. The summed E-state index contributed by atoms with van der Waals surface area (Å²) in [6.07, 6.45) is 10.7. The van der Waals surface area contributed by atoms with Crippen LogP contribution in [0.4, 0.5) is 0 Å². The van der Waals surface area contributed by atoms with E-state index >= 15 is 0 Å². The summed E-state index contributed by atoms with van der Waals surface area (Å²) in [5.41, 5.74) is 0. The minimum Gasteiger partial charge on any atom is -0.311 e. The van der Waals surface area contributed by atoms with Crippen LogP contribution >= 0.6 is 11.8 Å². The molecular formula is C17H34N2S. The van der Waals surface area contributed by atoms with Gasteiger partial charge in [-0.05, 0) is 37.9 Å². The first kappa shape index (κ1) is 16.6. The quantitative estimate of drug-likeness (QED) is 0.832. The smallest absolute Gasteiger partial charge is 0.0222 e. The molecule has 0 aromatic rings. The Labute approximate surface area is 130 Å². The number of nitrogens with one attached hydrogen (secondary N) is 1. The lowest BCUT2D eigenvalue weighted by atomic mass is 9.89. The Hall–Kier alpha value is 0.270. The number of piperazine rings is 1. The number of nitrogens with zero attached hydrogens (tertiary/aromatic N) is 1. The SMILES string of the molecule is CCC1CNC(CC(C)C)CN1C1CCCCC1SC. The van der Waals surface area contributed by atoms with Crippen LogP contribution in [0.1, 0.15) is 59.3 Å². The van der Waals surface area contributed by atoms with E-state index in [1.54, 1.807) is 0 Å². The highest BCUT2D eigenvalue weighted by atomic mass is 32.2. The maximum Gasteiger partial charge on any atom is 0.0222 e. The molecule has 2 nitrogen and oxygen atoms in total. The molecule has 4 atom stereocenters. The molecule has 0 amide bonds. The summed E-state index contributed by atoms with van der Waals surface area (Å²) in [5, 5.41) is 4.68. The zero-order chi connectivity index (χ0) is 14.5. The van der Waals surface area contributed by atoms with Gasteiger partial charge in [-0.3, -0.25) is 4.90 Å². The van der Waals surface area contributed by atoms with Gasteiger partial charge in [0.1, 0.15) is 0 Å². The van der Waals surface area contributed by atoms with E-state index in [2.05, 4.69) is 49.0 Å². The highest BCUT2D eigenvalue weighted by molar-refractivity contribution is 7.99. The topological polar surface area (TPSA) is 15.3 Å². The second-order valence-corrected chi connectivity index (χ2v) is 8.20. The Balaban J connectivity index is 2.03. The lowest BCUT2D eigenvalue weighted by Crippen LogP contribution is -2.61. The van der Waals surface area contributed by atoms with E-state index in [4.69, 9.17) is 0 Å². The third-order valence-electron chi connectivity index (χ3n) is 5.17. The van der Waals surface area contributed by atoms with Crippen molar-refractivity contribution in [1.82, 2.24) is 10.2 Å². The van der Waals surface area contributed by atoms with Crippen molar-refractivity contribution in [3.63, 3.8) is 0 Å². The third kappa shape index (κ3) is 4.14. The predicted octanol–water partition coefficient (Wildman–Crippen LogP) is 3.76. The van der Waals surface area contributed by atoms with Crippen LogP contribution in [0.2, 0.25) is 0 Å². The van der Waals surface area contributed by atoms with Gasteiger partial charge in [-0.15, -0.1) is 0 Å². The van der Waals surface area contributed by atoms with E-state index in [1.165, 1.54) is 51.6 Å². The van der Waals surface area contributed by atoms with Crippen molar-refractivity contribution >= 4 is 11.8 Å². The molecule has 0 aromatic carbocycles. The Morgan fingerprint density at radius 2 is 2.00 bits per heavy atom. The Morgan fingerprint density at radius 3 is 2.65 bits per heavy atom. The second kappa shape index (κ2) is 8.05. The van der Waals surface area contributed by atoms with Gasteiger partial charge in [-0.1, -0.05) is 33.6 Å². The first-order valence-electron chi connectivity index (χ1n) is 8.67. The van der Waals surface area contributed by atoms with Gasteiger partial charge < -0.3 is 5.32 Å². The third-order valence-corrected chi connectivity index (χ3v) is 6.32. The molecule has 2 fully saturated rings. The van der Waals surface area contributed by atoms with E-state index in [0.29, 0.717) is 6.04 Å². The number of hydrogen-bond donors (Lipinski definition) is 1. The Kier molecular flexibility index (Phi) is 6.70. The molecule has 1 saturated heterocycles. The second-order valence-electron chi connectivity index (χ2n) is 7.12. The first-order valence-corrected chi connectivity index (χ1v) is 9.96. The fourth-order valence-corrected chi connectivity index (χ4v) is 5.14. The largest absolute Gasteiger partial charge is 0.311 e. The molecule has 0 bridgehead atoms. The predicted molar refractivity (Wildman–Crippen MR) is 91.6 cm³/mol. The van der Waals surface area contributed by atoms with Crippen molar-refractivity contribution in [2.45, 2.75) is 82.7 Å². The summed E-state index contributed by atoms with van der Waals surface area (Å²) in [6, 6.07) is 2.30. The maximum absolute atomic E-state index is 3.80. The van der Waals surface area contributed by atoms with Gasteiger partial charge in [0.15, 0.2) is 0 Å². The molecule has 0 radical (unpaired) electrons. The molecule has 20 heavy (non-hydrogen) atoms. The fourth-order valence-electron chi connectivity index (χ4n) is 4.13. The van der Waals surface area contributed by atoms with Gasteiger partial charge in [0.2, 0.25) is 0 Å². The van der Waals surface area contributed by atoms with Crippen molar-refractivity contribution in [3.8, 4) is 0 Å². The molecule has 4 unspecified atom stereocenters. The zero-order valence-corrected chi connectivity index (χ0v) is 14.7. The lowest BCUT2D eigenvalue weighted by molar-refractivity contribution is 0.0584. The van der Waals surface area contributed by atoms with E-state index in [9.17, 15) is 0 Å². The van der Waals surface area contributed by atoms with Crippen molar-refractivity contribution in [2.75, 3.05) is 19.3 Å². The van der Waals surface area contributed by atoms with Crippen LogP contribution in [0.25, 0.3) is 0 Å². The molecule has 1 heterocycles.